The van der Waals surface area contributed by atoms with Crippen molar-refractivity contribution >= 4 is 5.78 Å². The molecule has 0 spiro atoms. The Balaban J connectivity index is 2.22. The lowest BCUT2D eigenvalue weighted by Gasteiger charge is -1.95. The Kier molecular flexibility index (Phi) is 2.91. The van der Waals surface area contributed by atoms with E-state index < -0.39 is 0 Å². The van der Waals surface area contributed by atoms with Gasteiger partial charge in [0.25, 0.3) is 0 Å². The molecule has 0 saturated heterocycles. The molecule has 0 aliphatic heterocycles. The molecule has 80 valence electrons. The van der Waals surface area contributed by atoms with Gasteiger partial charge in [-0.15, -0.1) is 0 Å². The zero-order valence-electron chi connectivity index (χ0n) is 8.86. The van der Waals surface area contributed by atoms with Crippen molar-refractivity contribution in [3.05, 3.63) is 48.3 Å². The van der Waals surface area contributed by atoms with Crippen molar-refractivity contribution < 1.29 is 19.5 Å². The first-order chi connectivity index (χ1) is 7.75. The molecule has 0 atom stereocenters. The van der Waals surface area contributed by atoms with E-state index in [2.05, 4.69) is 9.97 Å². The normalized spacial score (nSPS) is 9.81. The van der Waals surface area contributed by atoms with Gasteiger partial charge in [0.15, 0.2) is 18.2 Å². The lowest BCUT2D eigenvalue weighted by atomic mass is 10.2. The smallest absolute Gasteiger partial charge is 0.348 e. The van der Waals surface area contributed by atoms with Crippen molar-refractivity contribution in [3.8, 4) is 11.8 Å². The molecule has 2 heterocycles. The van der Waals surface area contributed by atoms with E-state index in [4.69, 9.17) is 4.74 Å². The average Bonchev–Trinajstić information content (AvgIpc) is 2.30. The predicted molar refractivity (Wildman–Crippen MR) is 56.1 cm³/mol. The molecule has 2 aromatic rings. The van der Waals surface area contributed by atoms with Gasteiger partial charge in [0.2, 0.25) is 0 Å². The Morgan fingerprint density at radius 2 is 1.94 bits per heavy atom. The fourth-order valence-electron chi connectivity index (χ4n) is 1.28. The van der Waals surface area contributed by atoms with Crippen LogP contribution >= 0.6 is 0 Å². The monoisotopic (exact) mass is 216 g/mol. The van der Waals surface area contributed by atoms with Crippen molar-refractivity contribution in [2.24, 2.45) is 0 Å². The van der Waals surface area contributed by atoms with Crippen LogP contribution in [-0.4, -0.2) is 5.78 Å². The highest BCUT2D eigenvalue weighted by molar-refractivity contribution is 5.94. The molecule has 0 fully saturated rings. The van der Waals surface area contributed by atoms with Gasteiger partial charge in [-0.05, 0) is 13.0 Å². The number of hydrogen-bond donors (Lipinski definition) is 0. The third-order valence-electron chi connectivity index (χ3n) is 2.08. The Morgan fingerprint density at radius 1 is 1.12 bits per heavy atom. The van der Waals surface area contributed by atoms with E-state index in [-0.39, 0.29) is 5.78 Å². The number of carbonyl (C=O) groups is 1. The SMILES string of the molecule is CC(=O)c1cc[nH+]c(Oc2cccc[nH+]2)c1. The largest absolute Gasteiger partial charge is 0.376 e. The van der Waals surface area contributed by atoms with Crippen LogP contribution in [0.2, 0.25) is 0 Å². The molecule has 2 N–H and O–H groups in total. The standard InChI is InChI=1S/C12H10N2O2/c1-9(15)10-5-7-14-12(8-10)16-11-4-2-3-6-13-11/h2-8H,1H3/p+2. The summed E-state index contributed by atoms with van der Waals surface area (Å²) in [5, 5.41) is 0. The molecule has 0 amide bonds. The Hall–Kier alpha value is -2.23. The summed E-state index contributed by atoms with van der Waals surface area (Å²) in [6.07, 6.45) is 3.44. The summed E-state index contributed by atoms with van der Waals surface area (Å²) in [7, 11) is 0. The fraction of sp³-hybridized carbons (Fsp3) is 0.0833. The summed E-state index contributed by atoms with van der Waals surface area (Å²) in [5.41, 5.74) is 0.615. The van der Waals surface area contributed by atoms with Gasteiger partial charge < -0.3 is 4.74 Å². The van der Waals surface area contributed by atoms with Gasteiger partial charge in [0.1, 0.15) is 0 Å². The fourth-order valence-corrected chi connectivity index (χ4v) is 1.28. The summed E-state index contributed by atoms with van der Waals surface area (Å²) in [6.45, 7) is 1.52. The van der Waals surface area contributed by atoms with Gasteiger partial charge in [-0.2, -0.15) is 9.97 Å². The van der Waals surface area contributed by atoms with Crippen molar-refractivity contribution in [1.82, 2.24) is 0 Å². The van der Waals surface area contributed by atoms with Crippen molar-refractivity contribution in [3.63, 3.8) is 0 Å². The minimum Gasteiger partial charge on any atom is -0.348 e. The van der Waals surface area contributed by atoms with Gasteiger partial charge in [0.05, 0.1) is 12.1 Å². The van der Waals surface area contributed by atoms with Crippen LogP contribution in [-0.2, 0) is 0 Å². The number of ether oxygens (including phenoxy) is 1. The van der Waals surface area contributed by atoms with Crippen LogP contribution in [0.5, 0.6) is 11.8 Å². The van der Waals surface area contributed by atoms with Crippen molar-refractivity contribution in [2.45, 2.75) is 6.92 Å². The number of aromatic nitrogens is 2. The topological polar surface area (TPSA) is 54.6 Å². The molecule has 0 bridgehead atoms. The van der Waals surface area contributed by atoms with Crippen LogP contribution in [0, 0.1) is 0 Å². The van der Waals surface area contributed by atoms with E-state index in [0.717, 1.165) is 0 Å². The highest BCUT2D eigenvalue weighted by atomic mass is 16.5. The van der Waals surface area contributed by atoms with E-state index in [1.54, 1.807) is 30.6 Å². The molecule has 0 unspecified atom stereocenters. The first-order valence-corrected chi connectivity index (χ1v) is 4.93. The first kappa shape index (κ1) is 10.3. The van der Waals surface area contributed by atoms with Gasteiger partial charge in [0, 0.05) is 17.7 Å². The summed E-state index contributed by atoms with van der Waals surface area (Å²) >= 11 is 0. The van der Waals surface area contributed by atoms with Crippen LogP contribution in [0.25, 0.3) is 0 Å². The molecule has 2 aromatic heterocycles. The molecular weight excluding hydrogens is 204 g/mol. The van der Waals surface area contributed by atoms with Crippen LogP contribution in [0.15, 0.2) is 42.7 Å². The van der Waals surface area contributed by atoms with Gasteiger partial charge in [-0.3, -0.25) is 4.79 Å². The van der Waals surface area contributed by atoms with E-state index in [9.17, 15) is 4.79 Å². The second-order valence-corrected chi connectivity index (χ2v) is 3.33. The summed E-state index contributed by atoms with van der Waals surface area (Å²) < 4.78 is 5.51. The van der Waals surface area contributed by atoms with Crippen LogP contribution in [0.3, 0.4) is 0 Å². The number of hydrogen-bond acceptors (Lipinski definition) is 2. The highest BCUT2D eigenvalue weighted by Crippen LogP contribution is 2.12. The molecule has 4 heteroatoms. The zero-order chi connectivity index (χ0) is 11.4. The van der Waals surface area contributed by atoms with E-state index >= 15 is 0 Å². The number of H-pyrrole nitrogens is 2. The van der Waals surface area contributed by atoms with Crippen LogP contribution < -0.4 is 14.7 Å². The minimum atomic E-state index is 0.0101. The average molecular weight is 216 g/mol. The molecule has 0 aliphatic carbocycles. The molecule has 0 aliphatic rings. The molecule has 0 radical (unpaired) electrons. The third kappa shape index (κ3) is 2.42. The van der Waals surface area contributed by atoms with Crippen molar-refractivity contribution in [1.29, 1.82) is 0 Å². The van der Waals surface area contributed by atoms with Crippen molar-refractivity contribution in [2.75, 3.05) is 0 Å². The van der Waals surface area contributed by atoms with Crippen LogP contribution in [0.4, 0.5) is 0 Å². The number of rotatable bonds is 3. The number of aromatic amines is 2. The lowest BCUT2D eigenvalue weighted by Crippen LogP contribution is -2.12. The number of carbonyl (C=O) groups excluding carboxylic acids is 1. The lowest BCUT2D eigenvalue weighted by molar-refractivity contribution is -0.421. The Bertz CT molecular complexity index is 497. The number of nitrogens with one attached hydrogen (secondary N) is 2. The second-order valence-electron chi connectivity index (χ2n) is 3.33. The summed E-state index contributed by atoms with van der Waals surface area (Å²) in [5.74, 6) is 1.14. The molecule has 2 rings (SSSR count). The van der Waals surface area contributed by atoms with E-state index in [1.807, 2.05) is 12.1 Å². The minimum absolute atomic E-state index is 0.0101. The number of Topliss-reactive ketones (excluding diaryl/α,β-unsaturated/α-hetero) is 1. The maximum Gasteiger partial charge on any atom is 0.376 e. The molecule has 0 saturated carbocycles. The van der Waals surface area contributed by atoms with Gasteiger partial charge in [-0.1, -0.05) is 0 Å². The number of ketones is 1. The Labute approximate surface area is 92.9 Å². The quantitative estimate of drug-likeness (QED) is 0.726. The molecule has 16 heavy (non-hydrogen) atoms. The van der Waals surface area contributed by atoms with Gasteiger partial charge >= 0.3 is 11.8 Å². The molecule has 0 aromatic carbocycles. The predicted octanol–water partition coefficient (Wildman–Crippen LogP) is 1.31. The third-order valence-corrected chi connectivity index (χ3v) is 2.08. The number of pyridine rings is 2. The van der Waals surface area contributed by atoms with E-state index in [0.29, 0.717) is 17.3 Å². The summed E-state index contributed by atoms with van der Waals surface area (Å²) in [6, 6.07) is 8.91. The van der Waals surface area contributed by atoms with E-state index in [1.165, 1.54) is 6.92 Å². The summed E-state index contributed by atoms with van der Waals surface area (Å²) in [4.78, 5) is 17.0. The molecule has 4 nitrogen and oxygen atoms in total. The highest BCUT2D eigenvalue weighted by Gasteiger charge is 2.10. The first-order valence-electron chi connectivity index (χ1n) is 4.93. The second kappa shape index (κ2) is 4.53. The Morgan fingerprint density at radius 3 is 2.62 bits per heavy atom. The maximum absolute atomic E-state index is 11.2. The maximum atomic E-state index is 11.2. The van der Waals surface area contributed by atoms with Gasteiger partial charge in [-0.25, -0.2) is 0 Å². The van der Waals surface area contributed by atoms with Crippen LogP contribution in [0.1, 0.15) is 17.3 Å². The zero-order valence-corrected chi connectivity index (χ0v) is 8.86. The molecular formula is C12H12N2O2+2.